The molecule has 2 N–H and O–H groups in total. The van der Waals surface area contributed by atoms with Crippen molar-refractivity contribution in [2.24, 2.45) is 0 Å². The lowest BCUT2D eigenvalue weighted by Gasteiger charge is -1.97. The Hall–Kier alpha value is -3.65. The maximum absolute atomic E-state index is 3.49. The highest BCUT2D eigenvalue weighted by Crippen LogP contribution is 2.26. The minimum atomic E-state index is 1.18. The van der Waals surface area contributed by atoms with E-state index in [2.05, 4.69) is 101 Å². The lowest BCUT2D eigenvalue weighted by Crippen LogP contribution is -2.68. The first-order chi connectivity index (χ1) is 13.3. The molecule has 0 saturated heterocycles. The van der Waals surface area contributed by atoms with Crippen LogP contribution in [0.2, 0.25) is 0 Å². The molecule has 126 valence electrons. The minimum absolute atomic E-state index is 1.18. The third kappa shape index (κ3) is 2.24. The predicted molar refractivity (Wildman–Crippen MR) is 110 cm³/mol. The van der Waals surface area contributed by atoms with Crippen LogP contribution in [-0.2, 0) is 0 Å². The molecule has 1 aliphatic rings. The van der Waals surface area contributed by atoms with E-state index in [1.54, 1.807) is 0 Å². The van der Waals surface area contributed by atoms with Crippen molar-refractivity contribution in [3.8, 4) is 11.1 Å². The summed E-state index contributed by atoms with van der Waals surface area (Å²) in [6.07, 6.45) is 2.25. The summed E-state index contributed by atoms with van der Waals surface area (Å²) < 4.78 is 0. The summed E-state index contributed by atoms with van der Waals surface area (Å²) >= 11 is 0. The average molecular weight is 345 g/mol. The molecule has 2 heterocycles. The molecule has 1 aliphatic heterocycles. The summed E-state index contributed by atoms with van der Waals surface area (Å²) in [6, 6.07) is 30.2. The van der Waals surface area contributed by atoms with Crippen LogP contribution in [0.5, 0.6) is 0 Å². The number of para-hydroxylation sites is 2. The highest BCUT2D eigenvalue weighted by Gasteiger charge is 2.18. The molecule has 0 amide bonds. The summed E-state index contributed by atoms with van der Waals surface area (Å²) in [4.78, 5) is 6.98. The zero-order valence-electron chi connectivity index (χ0n) is 14.7. The molecule has 2 heteroatoms. The lowest BCUT2D eigenvalue weighted by molar-refractivity contribution is -0.397. The lowest BCUT2D eigenvalue weighted by atomic mass is 10.0. The van der Waals surface area contributed by atoms with Gasteiger partial charge in [-0.25, -0.2) is 4.99 Å². The molecule has 6 rings (SSSR count). The first kappa shape index (κ1) is 14.5. The smallest absolute Gasteiger partial charge is 0.212 e. The Morgan fingerprint density at radius 3 is 2.52 bits per heavy atom. The maximum Gasteiger partial charge on any atom is 0.212 e. The van der Waals surface area contributed by atoms with Gasteiger partial charge in [0, 0.05) is 33.9 Å². The largest absolute Gasteiger partial charge is 0.355 e. The quantitative estimate of drug-likeness (QED) is 0.459. The van der Waals surface area contributed by atoms with Crippen molar-refractivity contribution in [1.82, 2.24) is 4.98 Å². The summed E-state index contributed by atoms with van der Waals surface area (Å²) in [6.45, 7) is 0. The number of H-pyrrole nitrogens is 1. The number of nitrogens with one attached hydrogen (secondary N) is 2. The molecule has 5 aromatic rings. The van der Waals surface area contributed by atoms with Crippen LogP contribution in [0.15, 0.2) is 84.9 Å². The molecule has 0 unspecified atom stereocenters. The van der Waals surface area contributed by atoms with E-state index in [1.807, 2.05) is 0 Å². The summed E-state index contributed by atoms with van der Waals surface area (Å²) in [5.74, 6) is 0. The fourth-order valence-electron chi connectivity index (χ4n) is 4.10. The Morgan fingerprint density at radius 1 is 0.667 bits per heavy atom. The first-order valence-electron chi connectivity index (χ1n) is 9.21. The summed E-state index contributed by atoms with van der Waals surface area (Å²) in [5, 5.41) is 4.94. The standard InChI is InChI=1S/C25H16N2/c1-3-7-22-18(5-1)20-14-16(9-11-24(20)26-22)13-17-10-12-25-21(15-17)19-6-2-4-8-23(19)27-25/h1-15,26H/p+1. The van der Waals surface area contributed by atoms with Crippen molar-refractivity contribution in [3.05, 3.63) is 101 Å². The zero-order valence-corrected chi connectivity index (χ0v) is 14.7. The van der Waals surface area contributed by atoms with Crippen LogP contribution in [0.3, 0.4) is 0 Å². The molecule has 27 heavy (non-hydrogen) atoms. The van der Waals surface area contributed by atoms with Gasteiger partial charge in [-0.05, 0) is 53.3 Å². The van der Waals surface area contributed by atoms with Gasteiger partial charge < -0.3 is 4.98 Å². The maximum atomic E-state index is 3.49. The molecule has 0 radical (unpaired) electrons. The third-order valence-electron chi connectivity index (χ3n) is 5.39. The van der Waals surface area contributed by atoms with E-state index in [1.165, 1.54) is 54.8 Å². The van der Waals surface area contributed by atoms with E-state index in [4.69, 9.17) is 0 Å². The van der Waals surface area contributed by atoms with Crippen LogP contribution >= 0.6 is 0 Å². The van der Waals surface area contributed by atoms with Gasteiger partial charge in [-0.2, -0.15) is 0 Å². The molecule has 4 aromatic carbocycles. The average Bonchev–Trinajstić information content (AvgIpc) is 3.26. The van der Waals surface area contributed by atoms with E-state index in [0.717, 1.165) is 0 Å². The van der Waals surface area contributed by atoms with E-state index >= 15 is 0 Å². The number of aromatic amines is 1. The topological polar surface area (TPSA) is 29.8 Å². The third-order valence-corrected chi connectivity index (χ3v) is 5.39. The fraction of sp³-hybridized carbons (Fsp3) is 0. The minimum Gasteiger partial charge on any atom is -0.355 e. The Kier molecular flexibility index (Phi) is 2.91. The van der Waals surface area contributed by atoms with Gasteiger partial charge in [0.05, 0.1) is 11.1 Å². The molecular formula is C25H17N2+. The Morgan fingerprint density at radius 2 is 1.52 bits per heavy atom. The Bertz CT molecular complexity index is 1470. The second-order valence-electron chi connectivity index (χ2n) is 7.10. The second kappa shape index (κ2) is 5.42. The van der Waals surface area contributed by atoms with Gasteiger partial charge in [0.1, 0.15) is 0 Å². The van der Waals surface area contributed by atoms with Crippen LogP contribution in [0.25, 0.3) is 39.0 Å². The number of hydrogen-bond acceptors (Lipinski definition) is 0. The van der Waals surface area contributed by atoms with Crippen LogP contribution < -0.4 is 15.6 Å². The van der Waals surface area contributed by atoms with Crippen molar-refractivity contribution in [1.29, 1.82) is 0 Å². The predicted octanol–water partition coefficient (Wildman–Crippen LogP) is 3.16. The highest BCUT2D eigenvalue weighted by atomic mass is 14.8. The van der Waals surface area contributed by atoms with Crippen molar-refractivity contribution < 1.29 is 4.99 Å². The zero-order chi connectivity index (χ0) is 17.8. The summed E-state index contributed by atoms with van der Waals surface area (Å²) in [5.41, 5.74) is 7.31. The van der Waals surface area contributed by atoms with Crippen molar-refractivity contribution >= 4 is 33.6 Å². The fourth-order valence-corrected chi connectivity index (χ4v) is 4.10. The van der Waals surface area contributed by atoms with Crippen LogP contribution in [0, 0.1) is 0 Å². The van der Waals surface area contributed by atoms with E-state index in [0.29, 0.717) is 0 Å². The van der Waals surface area contributed by atoms with Crippen LogP contribution in [-0.4, -0.2) is 4.98 Å². The van der Waals surface area contributed by atoms with Gasteiger partial charge in [0.15, 0.2) is 0 Å². The van der Waals surface area contributed by atoms with Crippen molar-refractivity contribution in [2.45, 2.75) is 0 Å². The molecule has 0 atom stereocenters. The van der Waals surface area contributed by atoms with E-state index in [9.17, 15) is 0 Å². The molecule has 0 fully saturated rings. The van der Waals surface area contributed by atoms with Crippen molar-refractivity contribution in [3.63, 3.8) is 0 Å². The molecule has 1 aromatic heterocycles. The normalized spacial score (nSPS) is 13.0. The van der Waals surface area contributed by atoms with Gasteiger partial charge in [0.25, 0.3) is 0 Å². The SMILES string of the molecule is C(c1ccc2[nH]c3ccccc3c2c1)=c1ccc2c(c1)-c1ccccc1[NH+]=2. The molecule has 0 bridgehead atoms. The van der Waals surface area contributed by atoms with Gasteiger partial charge in [-0.3, -0.25) is 0 Å². The van der Waals surface area contributed by atoms with E-state index < -0.39 is 0 Å². The number of aromatic nitrogens is 1. The Labute approximate surface area is 156 Å². The Balaban J connectivity index is 1.53. The van der Waals surface area contributed by atoms with Crippen molar-refractivity contribution in [2.75, 3.05) is 0 Å². The van der Waals surface area contributed by atoms with Crippen LogP contribution in [0.1, 0.15) is 5.56 Å². The molecule has 0 spiro atoms. The number of benzene rings is 4. The van der Waals surface area contributed by atoms with Gasteiger partial charge in [-0.15, -0.1) is 0 Å². The molecule has 0 saturated carbocycles. The molecule has 0 aliphatic carbocycles. The van der Waals surface area contributed by atoms with Gasteiger partial charge >= 0.3 is 0 Å². The van der Waals surface area contributed by atoms with Crippen LogP contribution in [0.4, 0.5) is 5.69 Å². The first-order valence-corrected chi connectivity index (χ1v) is 9.21. The van der Waals surface area contributed by atoms with E-state index in [-0.39, 0.29) is 0 Å². The molecule has 2 nitrogen and oxygen atoms in total. The van der Waals surface area contributed by atoms with Gasteiger partial charge in [-0.1, -0.05) is 36.4 Å². The van der Waals surface area contributed by atoms with Gasteiger partial charge in [0.2, 0.25) is 11.0 Å². The molecular weight excluding hydrogens is 328 g/mol. The number of fused-ring (bicyclic) bond motifs is 6. The number of hydrogen-bond donors (Lipinski definition) is 2. The monoisotopic (exact) mass is 345 g/mol. The highest BCUT2D eigenvalue weighted by molar-refractivity contribution is 6.07. The number of rotatable bonds is 1. The summed E-state index contributed by atoms with van der Waals surface area (Å²) in [7, 11) is 0. The second-order valence-corrected chi connectivity index (χ2v) is 7.10.